The molecule has 1 atom stereocenters. The van der Waals surface area contributed by atoms with Crippen molar-refractivity contribution in [2.45, 2.75) is 5.92 Å². The highest BCUT2D eigenvalue weighted by molar-refractivity contribution is 5.75. The van der Waals surface area contributed by atoms with Crippen LogP contribution in [0.4, 0.5) is 0 Å². The van der Waals surface area contributed by atoms with Crippen LogP contribution in [0, 0.1) is 11.3 Å². The third-order valence-corrected chi connectivity index (χ3v) is 4.17. The minimum atomic E-state index is -0.238. The number of para-hydroxylation sites is 1. The molecule has 1 unspecified atom stereocenters. The topological polar surface area (TPSA) is 68.3 Å². The van der Waals surface area contributed by atoms with Gasteiger partial charge in [-0.3, -0.25) is 0 Å². The number of nitrogens with zero attached hydrogens (tertiary/aromatic N) is 1. The largest absolute Gasteiger partial charge is 0.488 e. The van der Waals surface area contributed by atoms with Crippen LogP contribution in [0.15, 0.2) is 71.6 Å². The van der Waals surface area contributed by atoms with Gasteiger partial charge in [-0.25, -0.2) is 0 Å². The van der Waals surface area contributed by atoms with Gasteiger partial charge in [0.05, 0.1) is 11.5 Å². The van der Waals surface area contributed by atoms with Crippen LogP contribution in [-0.4, -0.2) is 6.61 Å². The van der Waals surface area contributed by atoms with Crippen molar-refractivity contribution in [3.05, 3.63) is 82.8 Å². The van der Waals surface area contributed by atoms with Gasteiger partial charge in [0.15, 0.2) is 0 Å². The molecule has 2 N–H and O–H groups in total. The Hall–Kier alpha value is -3.19. The minimum Gasteiger partial charge on any atom is -0.488 e. The van der Waals surface area contributed by atoms with Gasteiger partial charge in [-0.05, 0) is 17.7 Å². The maximum atomic E-state index is 9.55. The van der Waals surface area contributed by atoms with Crippen molar-refractivity contribution >= 4 is 5.76 Å². The zero-order valence-electron chi connectivity index (χ0n) is 12.3. The molecule has 4 nitrogen and oxygen atoms in total. The van der Waals surface area contributed by atoms with Crippen molar-refractivity contribution < 1.29 is 9.47 Å². The molecule has 112 valence electrons. The summed E-state index contributed by atoms with van der Waals surface area (Å²) in [6.07, 6.45) is 0. The Balaban J connectivity index is 1.93. The van der Waals surface area contributed by atoms with Gasteiger partial charge < -0.3 is 15.2 Å². The Labute approximate surface area is 134 Å². The molecular weight excluding hydrogens is 288 g/mol. The van der Waals surface area contributed by atoms with Gasteiger partial charge in [-0.1, -0.05) is 42.5 Å². The molecule has 4 rings (SSSR count). The van der Waals surface area contributed by atoms with Crippen LogP contribution >= 0.6 is 0 Å². The molecule has 0 bridgehead atoms. The summed E-state index contributed by atoms with van der Waals surface area (Å²) in [4.78, 5) is 0. The monoisotopic (exact) mass is 302 g/mol. The SMILES string of the molecule is N#CC1=C(N)OC2=C(COc3ccccc32)C1c1ccccc1. The third-order valence-electron chi connectivity index (χ3n) is 4.17. The number of fused-ring (bicyclic) bond motifs is 2. The summed E-state index contributed by atoms with van der Waals surface area (Å²) >= 11 is 0. The van der Waals surface area contributed by atoms with Crippen molar-refractivity contribution in [2.24, 2.45) is 5.73 Å². The number of allylic oxidation sites excluding steroid dienone is 1. The molecule has 2 heterocycles. The zero-order chi connectivity index (χ0) is 15.8. The van der Waals surface area contributed by atoms with Gasteiger partial charge in [0.1, 0.15) is 29.8 Å². The molecule has 0 saturated carbocycles. The van der Waals surface area contributed by atoms with E-state index in [9.17, 15) is 5.26 Å². The van der Waals surface area contributed by atoms with Gasteiger partial charge in [0.25, 0.3) is 0 Å². The standard InChI is InChI=1S/C19H14N2O2/c20-10-14-17(12-6-2-1-3-7-12)15-11-22-16-9-5-4-8-13(16)18(15)23-19(14)21/h1-9,17H,11,21H2. The summed E-state index contributed by atoms with van der Waals surface area (Å²) in [5, 5.41) is 9.55. The number of nitriles is 1. The van der Waals surface area contributed by atoms with E-state index in [1.807, 2.05) is 54.6 Å². The number of hydrogen-bond acceptors (Lipinski definition) is 4. The van der Waals surface area contributed by atoms with Crippen LogP contribution in [0.25, 0.3) is 5.76 Å². The fourth-order valence-electron chi connectivity index (χ4n) is 3.12. The quantitative estimate of drug-likeness (QED) is 0.877. The predicted octanol–water partition coefficient (Wildman–Crippen LogP) is 3.30. The molecule has 0 fully saturated rings. The maximum Gasteiger partial charge on any atom is 0.205 e. The summed E-state index contributed by atoms with van der Waals surface area (Å²) in [6.45, 7) is 0.379. The van der Waals surface area contributed by atoms with Gasteiger partial charge in [0, 0.05) is 5.57 Å². The van der Waals surface area contributed by atoms with Crippen LogP contribution in [0.3, 0.4) is 0 Å². The van der Waals surface area contributed by atoms with Crippen molar-refractivity contribution in [3.8, 4) is 11.8 Å². The van der Waals surface area contributed by atoms with Crippen molar-refractivity contribution in [3.63, 3.8) is 0 Å². The molecule has 4 heteroatoms. The summed E-state index contributed by atoms with van der Waals surface area (Å²) in [5.74, 6) is 1.40. The molecule has 2 aromatic carbocycles. The van der Waals surface area contributed by atoms with Crippen LogP contribution in [0.2, 0.25) is 0 Å². The Morgan fingerprint density at radius 1 is 1.04 bits per heavy atom. The summed E-state index contributed by atoms with van der Waals surface area (Å²) in [6, 6.07) is 19.7. The smallest absolute Gasteiger partial charge is 0.205 e. The Morgan fingerprint density at radius 3 is 2.57 bits per heavy atom. The third kappa shape index (κ3) is 2.06. The van der Waals surface area contributed by atoms with Crippen LogP contribution in [0.1, 0.15) is 17.0 Å². The second-order valence-corrected chi connectivity index (χ2v) is 5.47. The predicted molar refractivity (Wildman–Crippen MR) is 86.0 cm³/mol. The molecule has 0 radical (unpaired) electrons. The Morgan fingerprint density at radius 2 is 1.78 bits per heavy atom. The van der Waals surface area contributed by atoms with Crippen molar-refractivity contribution in [1.82, 2.24) is 0 Å². The second kappa shape index (κ2) is 5.22. The van der Waals surface area contributed by atoms with Gasteiger partial charge in [-0.15, -0.1) is 0 Å². The van der Waals surface area contributed by atoms with E-state index in [0.29, 0.717) is 17.9 Å². The zero-order valence-corrected chi connectivity index (χ0v) is 12.3. The Kier molecular flexibility index (Phi) is 3.06. The molecule has 23 heavy (non-hydrogen) atoms. The lowest BCUT2D eigenvalue weighted by Gasteiger charge is -2.32. The van der Waals surface area contributed by atoms with Crippen LogP contribution in [0.5, 0.6) is 5.75 Å². The number of ether oxygens (including phenoxy) is 2. The molecule has 2 aromatic rings. The van der Waals surface area contributed by atoms with E-state index in [1.54, 1.807) is 0 Å². The second-order valence-electron chi connectivity index (χ2n) is 5.47. The van der Waals surface area contributed by atoms with Crippen LogP contribution in [-0.2, 0) is 4.74 Å². The lowest BCUT2D eigenvalue weighted by molar-refractivity contribution is 0.294. The highest BCUT2D eigenvalue weighted by Crippen LogP contribution is 2.46. The normalized spacial score (nSPS) is 19.2. The van der Waals surface area contributed by atoms with E-state index in [2.05, 4.69) is 6.07 Å². The number of rotatable bonds is 1. The molecule has 0 spiro atoms. The Bertz CT molecular complexity index is 876. The van der Waals surface area contributed by atoms with E-state index in [1.165, 1.54) is 0 Å². The number of nitrogens with two attached hydrogens (primary N) is 1. The summed E-state index contributed by atoms with van der Waals surface area (Å²) in [7, 11) is 0. The van der Waals surface area contributed by atoms with E-state index in [4.69, 9.17) is 15.2 Å². The first-order valence-electron chi connectivity index (χ1n) is 7.37. The fraction of sp³-hybridized carbons (Fsp3) is 0.105. The highest BCUT2D eigenvalue weighted by Gasteiger charge is 2.36. The first kappa shape index (κ1) is 13.5. The minimum absolute atomic E-state index is 0.164. The lowest BCUT2D eigenvalue weighted by Crippen LogP contribution is -2.26. The molecular formula is C19H14N2O2. The molecule has 2 aliphatic heterocycles. The van der Waals surface area contributed by atoms with Gasteiger partial charge in [0.2, 0.25) is 5.88 Å². The fourth-order valence-corrected chi connectivity index (χ4v) is 3.12. The molecule has 2 aliphatic rings. The first-order valence-corrected chi connectivity index (χ1v) is 7.37. The van der Waals surface area contributed by atoms with Crippen molar-refractivity contribution in [1.29, 1.82) is 5.26 Å². The average Bonchev–Trinajstić information content (AvgIpc) is 2.61. The first-order chi connectivity index (χ1) is 11.3. The molecule has 0 saturated heterocycles. The molecule has 0 amide bonds. The van der Waals surface area contributed by atoms with E-state index in [-0.39, 0.29) is 11.8 Å². The van der Waals surface area contributed by atoms with Crippen molar-refractivity contribution in [2.75, 3.05) is 6.61 Å². The molecule has 0 aromatic heterocycles. The average molecular weight is 302 g/mol. The molecule has 0 aliphatic carbocycles. The summed E-state index contributed by atoms with van der Waals surface area (Å²) < 4.78 is 11.7. The number of hydrogen-bond donors (Lipinski definition) is 1. The summed E-state index contributed by atoms with van der Waals surface area (Å²) in [5.41, 5.74) is 9.28. The van der Waals surface area contributed by atoms with Gasteiger partial charge in [-0.2, -0.15) is 5.26 Å². The van der Waals surface area contributed by atoms with E-state index in [0.717, 1.165) is 22.4 Å². The number of benzene rings is 2. The van der Waals surface area contributed by atoms with Crippen LogP contribution < -0.4 is 10.5 Å². The highest BCUT2D eigenvalue weighted by atomic mass is 16.5. The lowest BCUT2D eigenvalue weighted by atomic mass is 9.81. The van der Waals surface area contributed by atoms with E-state index >= 15 is 0 Å². The van der Waals surface area contributed by atoms with E-state index < -0.39 is 0 Å². The maximum absolute atomic E-state index is 9.55. The van der Waals surface area contributed by atoms with Gasteiger partial charge >= 0.3 is 0 Å².